The van der Waals surface area contributed by atoms with Crippen molar-refractivity contribution in [2.24, 2.45) is 0 Å². The second kappa shape index (κ2) is 2.79. The number of thiazole rings is 2. The summed E-state index contributed by atoms with van der Waals surface area (Å²) < 4.78 is 2.14. The van der Waals surface area contributed by atoms with Crippen molar-refractivity contribution in [3.05, 3.63) is 6.03 Å². The summed E-state index contributed by atoms with van der Waals surface area (Å²) in [5.74, 6) is 0. The Kier molecular flexibility index (Phi) is 2.13. The summed E-state index contributed by atoms with van der Waals surface area (Å²) in [7, 11) is 0. The van der Waals surface area contributed by atoms with Gasteiger partial charge in [-0.2, -0.15) is 0 Å². The number of hydrogen-bond acceptors (Lipinski definition) is 4. The molecule has 0 bridgehead atoms. The van der Waals surface area contributed by atoms with E-state index >= 15 is 0 Å². The normalized spacial score (nSPS) is 11.0. The maximum atomic E-state index is 4.29. The molecular formula is C4I2N2S2. The zero-order valence-corrected chi connectivity index (χ0v) is 10.4. The molecule has 0 unspecified atom stereocenters. The first-order valence-corrected chi connectivity index (χ1v) is 6.13. The number of halogens is 2. The molecule has 2 nitrogen and oxygen atoms in total. The highest BCUT2D eigenvalue weighted by molar-refractivity contribution is 14.1. The van der Waals surface area contributed by atoms with Crippen LogP contribution in [-0.4, -0.2) is 9.97 Å². The molecule has 0 saturated heterocycles. The van der Waals surface area contributed by atoms with Crippen molar-refractivity contribution in [2.45, 2.75) is 0 Å². The Bertz CT molecular complexity index is 303. The van der Waals surface area contributed by atoms with Crippen LogP contribution in [0.3, 0.4) is 0 Å². The van der Waals surface area contributed by atoms with Crippen molar-refractivity contribution in [1.29, 1.82) is 0 Å². The lowest BCUT2D eigenvalue weighted by molar-refractivity contribution is 1.45. The van der Waals surface area contributed by atoms with E-state index in [9.17, 15) is 0 Å². The molecule has 0 saturated carbocycles. The third-order valence-corrected chi connectivity index (χ3v) is 4.33. The van der Waals surface area contributed by atoms with Gasteiger partial charge in [0.2, 0.25) is 0 Å². The second-order valence-corrected chi connectivity index (χ2v) is 7.01. The summed E-state index contributed by atoms with van der Waals surface area (Å²) in [6.07, 6.45) is 0. The fourth-order valence-electron chi connectivity index (χ4n) is 0.593. The van der Waals surface area contributed by atoms with Gasteiger partial charge in [-0.05, 0) is 45.2 Å². The molecule has 0 aliphatic carbocycles. The minimum atomic E-state index is 1.07. The van der Waals surface area contributed by atoms with Crippen LogP contribution in [0.2, 0.25) is 0 Å². The zero-order chi connectivity index (χ0) is 7.14. The molecule has 0 aliphatic heterocycles. The lowest BCUT2D eigenvalue weighted by Crippen LogP contribution is -1.59. The molecular weight excluding hydrogens is 394 g/mol. The predicted octanol–water partition coefficient (Wildman–Crippen LogP) is 2.96. The summed E-state index contributed by atoms with van der Waals surface area (Å²) in [5.41, 5.74) is 0. The number of nitrogens with zero attached hydrogens (tertiary/aromatic N) is 2. The van der Waals surface area contributed by atoms with Gasteiger partial charge < -0.3 is 0 Å². The van der Waals surface area contributed by atoms with Crippen LogP contribution < -0.4 is 0 Å². The van der Waals surface area contributed by atoms with Crippen molar-refractivity contribution in [3.8, 4) is 0 Å². The summed E-state index contributed by atoms with van der Waals surface area (Å²) in [6.45, 7) is 0. The quantitative estimate of drug-likeness (QED) is 0.643. The lowest BCUT2D eigenvalue weighted by Gasteiger charge is -1.70. The van der Waals surface area contributed by atoms with E-state index in [-0.39, 0.29) is 0 Å². The second-order valence-electron chi connectivity index (χ2n) is 1.54. The maximum absolute atomic E-state index is 4.29. The number of rotatable bonds is 0. The number of fused-ring (bicyclic) bond motifs is 1. The van der Waals surface area contributed by atoms with Gasteiger partial charge in [-0.15, -0.1) is 0 Å². The molecule has 52 valence electrons. The summed E-state index contributed by atoms with van der Waals surface area (Å²) >= 11 is 7.71. The van der Waals surface area contributed by atoms with E-state index in [4.69, 9.17) is 0 Å². The molecule has 10 heavy (non-hydrogen) atoms. The standard InChI is InChI=1S/C4I2N2S2/c5-3-7-1-2(10-3)8-4(6)9-1. The smallest absolute Gasteiger partial charge is 0.157 e. The molecule has 0 N–H and O–H groups in total. The molecule has 0 atom stereocenters. The van der Waals surface area contributed by atoms with Gasteiger partial charge in [0.15, 0.2) is 15.7 Å². The van der Waals surface area contributed by atoms with Crippen molar-refractivity contribution >= 4 is 77.5 Å². The monoisotopic (exact) mass is 394 g/mol. The van der Waals surface area contributed by atoms with Gasteiger partial charge in [-0.3, -0.25) is 0 Å². The van der Waals surface area contributed by atoms with Gasteiger partial charge >= 0.3 is 0 Å². The molecule has 0 amide bonds. The van der Waals surface area contributed by atoms with Crippen LogP contribution in [0, 0.1) is 6.03 Å². The van der Waals surface area contributed by atoms with Crippen LogP contribution >= 0.6 is 67.9 Å². The fraction of sp³-hybridized carbons (Fsp3) is 0. The molecule has 2 heterocycles. The largest absolute Gasteiger partial charge is 0.217 e. The van der Waals surface area contributed by atoms with Crippen LogP contribution in [0.1, 0.15) is 0 Å². The first kappa shape index (κ1) is 7.62. The Morgan fingerprint density at radius 2 is 1.30 bits per heavy atom. The van der Waals surface area contributed by atoms with E-state index in [0.29, 0.717) is 0 Å². The Hall–Kier alpha value is 0.980. The van der Waals surface area contributed by atoms with Crippen LogP contribution in [0.4, 0.5) is 0 Å². The topological polar surface area (TPSA) is 25.8 Å². The molecule has 0 spiro atoms. The Labute approximate surface area is 92.4 Å². The van der Waals surface area contributed by atoms with Crippen LogP contribution in [0.15, 0.2) is 0 Å². The minimum Gasteiger partial charge on any atom is -0.217 e. The Morgan fingerprint density at radius 1 is 0.900 bits per heavy atom. The molecule has 0 aliphatic rings. The average molecular weight is 394 g/mol. The third kappa shape index (κ3) is 1.30. The van der Waals surface area contributed by atoms with Gasteiger partial charge in [-0.25, -0.2) is 9.97 Å². The minimum absolute atomic E-state index is 1.07. The van der Waals surface area contributed by atoms with Gasteiger partial charge in [0.05, 0.1) is 0 Å². The van der Waals surface area contributed by atoms with Gasteiger partial charge in [-0.1, -0.05) is 22.7 Å². The fourth-order valence-corrected chi connectivity index (χ4v) is 4.15. The average Bonchev–Trinajstić information content (AvgIpc) is 2.21. The molecule has 2 rings (SSSR count). The van der Waals surface area contributed by atoms with Crippen molar-refractivity contribution < 1.29 is 0 Å². The molecule has 2 aromatic rings. The van der Waals surface area contributed by atoms with Crippen LogP contribution in [0.5, 0.6) is 0 Å². The highest BCUT2D eigenvalue weighted by atomic mass is 127. The van der Waals surface area contributed by atoms with E-state index < -0.39 is 0 Å². The van der Waals surface area contributed by atoms with Gasteiger partial charge in [0.1, 0.15) is 0 Å². The Balaban J connectivity index is 2.83. The Morgan fingerprint density at radius 3 is 1.70 bits per heavy atom. The molecule has 6 heteroatoms. The summed E-state index contributed by atoms with van der Waals surface area (Å²) in [6, 6.07) is 0. The van der Waals surface area contributed by atoms with Crippen molar-refractivity contribution in [2.75, 3.05) is 0 Å². The van der Waals surface area contributed by atoms with Crippen molar-refractivity contribution in [3.63, 3.8) is 0 Å². The van der Waals surface area contributed by atoms with E-state index in [0.717, 1.165) is 15.7 Å². The number of hydrogen-bond donors (Lipinski definition) is 0. The van der Waals surface area contributed by atoms with E-state index in [1.807, 2.05) is 0 Å². The van der Waals surface area contributed by atoms with E-state index in [1.165, 1.54) is 0 Å². The molecule has 2 aromatic heterocycles. The van der Waals surface area contributed by atoms with Gasteiger partial charge in [0, 0.05) is 0 Å². The highest BCUT2D eigenvalue weighted by Crippen LogP contribution is 2.28. The van der Waals surface area contributed by atoms with Crippen LogP contribution in [0.25, 0.3) is 9.66 Å². The highest BCUT2D eigenvalue weighted by Gasteiger charge is 2.05. The predicted molar refractivity (Wildman–Crippen MR) is 60.7 cm³/mol. The summed E-state index contributed by atoms with van der Waals surface area (Å²) in [5, 5.41) is 0. The zero-order valence-electron chi connectivity index (χ0n) is 4.47. The maximum Gasteiger partial charge on any atom is 0.157 e. The first-order chi connectivity index (χ1) is 4.75. The van der Waals surface area contributed by atoms with Gasteiger partial charge in [0.25, 0.3) is 0 Å². The van der Waals surface area contributed by atoms with E-state index in [2.05, 4.69) is 55.1 Å². The summed E-state index contributed by atoms with van der Waals surface area (Å²) in [4.78, 5) is 10.7. The lowest BCUT2D eigenvalue weighted by atomic mass is 10.9. The van der Waals surface area contributed by atoms with Crippen LogP contribution in [-0.2, 0) is 0 Å². The van der Waals surface area contributed by atoms with Crippen molar-refractivity contribution in [1.82, 2.24) is 9.97 Å². The molecule has 0 aromatic carbocycles. The SMILES string of the molecule is Ic1nc2sc(I)nc2s1. The first-order valence-electron chi connectivity index (χ1n) is 2.34. The molecule has 0 radical (unpaired) electrons. The third-order valence-electron chi connectivity index (χ3n) is 0.924. The molecule has 0 fully saturated rings. The van der Waals surface area contributed by atoms with E-state index in [1.54, 1.807) is 22.7 Å². The number of aromatic nitrogens is 2.